The molecule has 21 heavy (non-hydrogen) atoms. The van der Waals surface area contributed by atoms with Crippen molar-refractivity contribution in [2.24, 2.45) is 0 Å². The van der Waals surface area contributed by atoms with Gasteiger partial charge in [0.25, 0.3) is 0 Å². The van der Waals surface area contributed by atoms with Crippen molar-refractivity contribution in [3.8, 4) is 0 Å². The Kier molecular flexibility index (Phi) is 3.56. The Morgan fingerprint density at radius 3 is 2.57 bits per heavy atom. The fraction of sp³-hybridized carbons (Fsp3) is 0.0714. The third kappa shape index (κ3) is 2.59. The van der Waals surface area contributed by atoms with Crippen LogP contribution in [-0.2, 0) is 15.6 Å². The van der Waals surface area contributed by atoms with E-state index in [-0.39, 0.29) is 14.8 Å². The number of rotatable bonds is 4. The predicted octanol–water partition coefficient (Wildman–Crippen LogP) is 3.63. The molecule has 0 atom stereocenters. The van der Waals surface area contributed by atoms with E-state index in [9.17, 15) is 18.3 Å². The summed E-state index contributed by atoms with van der Waals surface area (Å²) in [6, 6.07) is 10.4. The van der Waals surface area contributed by atoms with Crippen LogP contribution in [0.1, 0.15) is 15.2 Å². The molecule has 0 amide bonds. The van der Waals surface area contributed by atoms with Gasteiger partial charge < -0.3 is 5.11 Å². The largest absolute Gasteiger partial charge is 0.477 e. The van der Waals surface area contributed by atoms with Crippen LogP contribution >= 0.6 is 22.7 Å². The monoisotopic (exact) mass is 338 g/mol. The Bertz CT molecular complexity index is 905. The Labute approximate surface area is 129 Å². The summed E-state index contributed by atoms with van der Waals surface area (Å²) >= 11 is 2.25. The second-order valence-electron chi connectivity index (χ2n) is 4.40. The summed E-state index contributed by atoms with van der Waals surface area (Å²) in [5.74, 6) is -1.38. The predicted molar refractivity (Wildman–Crippen MR) is 84.0 cm³/mol. The molecule has 7 heteroatoms. The standard InChI is InChI=1S/C14H10O4S3/c15-14(16)13-10(9-4-1-2-5-11(9)20-13)8-21(17,18)12-6-3-7-19-12/h1-7H,8H2,(H,15,16). The lowest BCUT2D eigenvalue weighted by atomic mass is 10.1. The highest BCUT2D eigenvalue weighted by Gasteiger charge is 2.24. The van der Waals surface area contributed by atoms with Gasteiger partial charge in [0.15, 0.2) is 9.84 Å². The van der Waals surface area contributed by atoms with Gasteiger partial charge in [-0.05, 0) is 22.9 Å². The maximum absolute atomic E-state index is 12.4. The zero-order valence-electron chi connectivity index (χ0n) is 10.6. The summed E-state index contributed by atoms with van der Waals surface area (Å²) in [6.07, 6.45) is 0. The van der Waals surface area contributed by atoms with E-state index >= 15 is 0 Å². The third-order valence-electron chi connectivity index (χ3n) is 3.03. The van der Waals surface area contributed by atoms with Gasteiger partial charge in [-0.1, -0.05) is 24.3 Å². The van der Waals surface area contributed by atoms with Crippen molar-refractivity contribution in [2.75, 3.05) is 0 Å². The smallest absolute Gasteiger partial charge is 0.346 e. The first kappa shape index (κ1) is 14.2. The van der Waals surface area contributed by atoms with Crippen molar-refractivity contribution in [3.63, 3.8) is 0 Å². The molecule has 0 aliphatic heterocycles. The van der Waals surface area contributed by atoms with E-state index in [1.165, 1.54) is 6.07 Å². The molecule has 2 aromatic heterocycles. The van der Waals surface area contributed by atoms with Crippen LogP contribution in [0, 0.1) is 0 Å². The number of carboxylic acid groups (broad SMARTS) is 1. The van der Waals surface area contributed by atoms with Crippen LogP contribution in [0.5, 0.6) is 0 Å². The first-order chi connectivity index (χ1) is 9.99. The minimum absolute atomic E-state index is 0.0938. The highest BCUT2D eigenvalue weighted by atomic mass is 32.2. The lowest BCUT2D eigenvalue weighted by Gasteiger charge is -2.03. The number of carbonyl (C=O) groups is 1. The van der Waals surface area contributed by atoms with E-state index in [4.69, 9.17) is 0 Å². The average Bonchev–Trinajstić information content (AvgIpc) is 3.07. The van der Waals surface area contributed by atoms with E-state index in [0.717, 1.165) is 27.4 Å². The number of benzene rings is 1. The number of thiophene rings is 2. The molecule has 108 valence electrons. The number of carboxylic acids is 1. The highest BCUT2D eigenvalue weighted by Crippen LogP contribution is 2.34. The van der Waals surface area contributed by atoms with Crippen LogP contribution in [0.3, 0.4) is 0 Å². The van der Waals surface area contributed by atoms with Gasteiger partial charge in [0.2, 0.25) is 0 Å². The van der Waals surface area contributed by atoms with Gasteiger partial charge in [0.1, 0.15) is 9.09 Å². The fourth-order valence-corrected chi connectivity index (χ4v) is 5.75. The van der Waals surface area contributed by atoms with Gasteiger partial charge in [-0.3, -0.25) is 0 Å². The zero-order valence-corrected chi connectivity index (χ0v) is 13.1. The summed E-state index contributed by atoms with van der Waals surface area (Å²) in [6.45, 7) is 0. The first-order valence-electron chi connectivity index (χ1n) is 5.99. The average molecular weight is 338 g/mol. The Hall–Kier alpha value is -1.70. The molecular formula is C14H10O4S3. The van der Waals surface area contributed by atoms with Gasteiger partial charge >= 0.3 is 5.97 Å². The first-order valence-corrected chi connectivity index (χ1v) is 9.34. The minimum atomic E-state index is -3.53. The van der Waals surface area contributed by atoms with Gasteiger partial charge in [-0.25, -0.2) is 13.2 Å². The molecule has 3 aromatic rings. The van der Waals surface area contributed by atoms with Gasteiger partial charge in [-0.2, -0.15) is 0 Å². The lowest BCUT2D eigenvalue weighted by Crippen LogP contribution is -2.06. The fourth-order valence-electron chi connectivity index (χ4n) is 2.12. The maximum Gasteiger partial charge on any atom is 0.346 e. The van der Waals surface area contributed by atoms with Gasteiger partial charge in [0.05, 0.1) is 5.75 Å². The maximum atomic E-state index is 12.4. The molecule has 0 saturated carbocycles. The molecule has 1 aromatic carbocycles. The van der Waals surface area contributed by atoms with Crippen molar-refractivity contribution >= 4 is 48.6 Å². The molecule has 4 nitrogen and oxygen atoms in total. The summed E-state index contributed by atoms with van der Waals surface area (Å²) in [4.78, 5) is 11.5. The topological polar surface area (TPSA) is 71.4 Å². The minimum Gasteiger partial charge on any atom is -0.477 e. The van der Waals surface area contributed by atoms with E-state index < -0.39 is 15.8 Å². The van der Waals surface area contributed by atoms with Crippen LogP contribution in [0.15, 0.2) is 46.0 Å². The van der Waals surface area contributed by atoms with E-state index in [1.807, 2.05) is 6.07 Å². The molecule has 0 spiro atoms. The Balaban J connectivity index is 2.16. The molecule has 0 bridgehead atoms. The zero-order chi connectivity index (χ0) is 15.0. The van der Waals surface area contributed by atoms with Crippen LogP contribution in [-0.4, -0.2) is 19.5 Å². The number of aromatic carboxylic acids is 1. The molecular weight excluding hydrogens is 328 g/mol. The van der Waals surface area contributed by atoms with Crippen molar-refractivity contribution in [1.29, 1.82) is 0 Å². The van der Waals surface area contributed by atoms with Crippen LogP contribution in [0.25, 0.3) is 10.1 Å². The molecule has 0 aliphatic carbocycles. The molecule has 3 rings (SSSR count). The molecule has 0 unspecified atom stereocenters. The van der Waals surface area contributed by atoms with E-state index in [2.05, 4.69) is 0 Å². The van der Waals surface area contributed by atoms with Crippen LogP contribution in [0.4, 0.5) is 0 Å². The molecule has 0 saturated heterocycles. The number of sulfone groups is 1. The van der Waals surface area contributed by atoms with Crippen molar-refractivity contribution in [3.05, 3.63) is 52.2 Å². The summed E-state index contributed by atoms with van der Waals surface area (Å²) in [7, 11) is -3.53. The van der Waals surface area contributed by atoms with Gasteiger partial charge in [0, 0.05) is 10.3 Å². The van der Waals surface area contributed by atoms with E-state index in [0.29, 0.717) is 10.9 Å². The van der Waals surface area contributed by atoms with Crippen molar-refractivity contribution < 1.29 is 18.3 Å². The quantitative estimate of drug-likeness (QED) is 0.788. The Morgan fingerprint density at radius 2 is 1.90 bits per heavy atom. The van der Waals surface area contributed by atoms with Gasteiger partial charge in [-0.15, -0.1) is 22.7 Å². The lowest BCUT2D eigenvalue weighted by molar-refractivity contribution is 0.0701. The molecule has 0 aliphatic rings. The van der Waals surface area contributed by atoms with Crippen molar-refractivity contribution in [1.82, 2.24) is 0 Å². The summed E-state index contributed by atoms with van der Waals surface area (Å²) in [5.41, 5.74) is 0.372. The second kappa shape index (κ2) is 5.25. The third-order valence-corrected chi connectivity index (χ3v) is 7.36. The summed E-state index contributed by atoms with van der Waals surface area (Å²) in [5, 5.41) is 11.7. The number of hydrogen-bond acceptors (Lipinski definition) is 5. The number of hydrogen-bond donors (Lipinski definition) is 1. The van der Waals surface area contributed by atoms with E-state index in [1.54, 1.807) is 29.6 Å². The van der Waals surface area contributed by atoms with Crippen molar-refractivity contribution in [2.45, 2.75) is 9.96 Å². The SMILES string of the molecule is O=C(O)c1sc2ccccc2c1CS(=O)(=O)c1cccs1. The molecule has 1 N–H and O–H groups in total. The number of fused-ring (bicyclic) bond motifs is 1. The molecule has 0 fully saturated rings. The normalized spacial score (nSPS) is 11.8. The van der Waals surface area contributed by atoms with Crippen LogP contribution in [0.2, 0.25) is 0 Å². The van der Waals surface area contributed by atoms with Crippen LogP contribution < -0.4 is 0 Å². The molecule has 0 radical (unpaired) electrons. The summed E-state index contributed by atoms with van der Waals surface area (Å²) < 4.78 is 25.8. The molecule has 2 heterocycles. The Morgan fingerprint density at radius 1 is 1.14 bits per heavy atom. The second-order valence-corrected chi connectivity index (χ2v) is 8.62. The highest BCUT2D eigenvalue weighted by molar-refractivity contribution is 7.92.